The van der Waals surface area contributed by atoms with Crippen LogP contribution < -0.4 is 5.73 Å². The van der Waals surface area contributed by atoms with Crippen molar-refractivity contribution in [3.63, 3.8) is 0 Å². The number of nitrogens with two attached hydrogens (primary N) is 1. The average molecular weight is 255 g/mol. The third-order valence-corrected chi connectivity index (χ3v) is 3.90. The van der Waals surface area contributed by atoms with Crippen molar-refractivity contribution in [3.8, 4) is 0 Å². The summed E-state index contributed by atoms with van der Waals surface area (Å²) in [6.45, 7) is 10.3. The molecule has 0 bridgehead atoms. The third-order valence-electron chi connectivity index (χ3n) is 3.90. The summed E-state index contributed by atoms with van der Waals surface area (Å²) in [4.78, 5) is 16.8. The van der Waals surface area contributed by atoms with Crippen molar-refractivity contribution in [2.75, 3.05) is 20.1 Å². The van der Waals surface area contributed by atoms with Crippen LogP contribution in [-0.4, -0.2) is 54.0 Å². The third kappa shape index (κ3) is 3.69. The van der Waals surface area contributed by atoms with Crippen LogP contribution in [0.25, 0.3) is 0 Å². The standard InChI is InChI=1S/C14H29N3O/c1-10(2)13(15)14(18)17(11(3)4)12-6-8-16(5)9-7-12/h10-13H,6-9,15H2,1-5H3/t13-/m0/s1. The number of carbonyl (C=O) groups excluding carboxylic acids is 1. The molecule has 0 saturated carbocycles. The van der Waals surface area contributed by atoms with E-state index in [0.717, 1.165) is 25.9 Å². The van der Waals surface area contributed by atoms with Crippen molar-refractivity contribution in [2.45, 2.75) is 58.7 Å². The molecule has 0 unspecified atom stereocenters. The van der Waals surface area contributed by atoms with Crippen LogP contribution in [0.1, 0.15) is 40.5 Å². The van der Waals surface area contributed by atoms with Crippen LogP contribution in [0.2, 0.25) is 0 Å². The molecule has 1 amide bonds. The molecule has 18 heavy (non-hydrogen) atoms. The van der Waals surface area contributed by atoms with Gasteiger partial charge >= 0.3 is 0 Å². The van der Waals surface area contributed by atoms with Gasteiger partial charge in [0.05, 0.1) is 6.04 Å². The second kappa shape index (κ2) is 6.53. The minimum absolute atomic E-state index is 0.120. The Morgan fingerprint density at radius 2 is 1.72 bits per heavy atom. The van der Waals surface area contributed by atoms with Crippen molar-refractivity contribution in [2.24, 2.45) is 11.7 Å². The Kier molecular flexibility index (Phi) is 5.60. The van der Waals surface area contributed by atoms with E-state index in [0.29, 0.717) is 6.04 Å². The van der Waals surface area contributed by atoms with E-state index in [1.165, 1.54) is 0 Å². The van der Waals surface area contributed by atoms with Crippen molar-refractivity contribution in [3.05, 3.63) is 0 Å². The highest BCUT2D eigenvalue weighted by atomic mass is 16.2. The quantitative estimate of drug-likeness (QED) is 0.824. The number of amides is 1. The van der Waals surface area contributed by atoms with Gasteiger partial charge in [0.1, 0.15) is 0 Å². The lowest BCUT2D eigenvalue weighted by atomic mass is 9.98. The molecule has 4 heteroatoms. The predicted octanol–water partition coefficient (Wildman–Crippen LogP) is 1.30. The molecule has 1 saturated heterocycles. The van der Waals surface area contributed by atoms with E-state index in [2.05, 4.69) is 25.8 Å². The first-order valence-corrected chi connectivity index (χ1v) is 7.11. The van der Waals surface area contributed by atoms with Gasteiger partial charge in [0.15, 0.2) is 0 Å². The zero-order chi connectivity index (χ0) is 13.9. The van der Waals surface area contributed by atoms with E-state index in [4.69, 9.17) is 5.73 Å². The Balaban J connectivity index is 2.73. The molecule has 0 radical (unpaired) electrons. The van der Waals surface area contributed by atoms with Gasteiger partial charge in [0.2, 0.25) is 5.91 Å². The number of nitrogens with zero attached hydrogens (tertiary/aromatic N) is 2. The van der Waals surface area contributed by atoms with Gasteiger partial charge in [0, 0.05) is 12.1 Å². The Bertz CT molecular complexity index is 270. The molecule has 2 N–H and O–H groups in total. The normalized spacial score (nSPS) is 20.4. The summed E-state index contributed by atoms with van der Waals surface area (Å²) in [5, 5.41) is 0. The minimum Gasteiger partial charge on any atom is -0.336 e. The average Bonchev–Trinajstić information content (AvgIpc) is 2.30. The lowest BCUT2D eigenvalue weighted by molar-refractivity contribution is -0.139. The van der Waals surface area contributed by atoms with Gasteiger partial charge in [0.25, 0.3) is 0 Å². The van der Waals surface area contributed by atoms with Crippen LogP contribution in [0.15, 0.2) is 0 Å². The summed E-state index contributed by atoms with van der Waals surface area (Å²) in [7, 11) is 2.14. The zero-order valence-corrected chi connectivity index (χ0v) is 12.5. The monoisotopic (exact) mass is 255 g/mol. The molecular weight excluding hydrogens is 226 g/mol. The summed E-state index contributed by atoms with van der Waals surface area (Å²) >= 11 is 0. The van der Waals surface area contributed by atoms with Gasteiger partial charge in [-0.15, -0.1) is 0 Å². The first-order valence-electron chi connectivity index (χ1n) is 7.11. The van der Waals surface area contributed by atoms with E-state index >= 15 is 0 Å². The molecule has 0 aromatic rings. The number of likely N-dealkylation sites (tertiary alicyclic amines) is 1. The fourth-order valence-electron chi connectivity index (χ4n) is 2.59. The Morgan fingerprint density at radius 3 is 2.11 bits per heavy atom. The molecule has 1 rings (SSSR count). The SMILES string of the molecule is CC(C)[C@H](N)C(=O)N(C(C)C)C1CCN(C)CC1. The molecule has 0 spiro atoms. The topological polar surface area (TPSA) is 49.6 Å². The van der Waals surface area contributed by atoms with E-state index in [1.807, 2.05) is 18.7 Å². The van der Waals surface area contributed by atoms with E-state index in [-0.39, 0.29) is 23.9 Å². The molecular formula is C14H29N3O. The van der Waals surface area contributed by atoms with Gasteiger partial charge < -0.3 is 15.5 Å². The van der Waals surface area contributed by atoms with E-state index < -0.39 is 0 Å². The first kappa shape index (κ1) is 15.4. The highest BCUT2D eigenvalue weighted by Crippen LogP contribution is 2.20. The smallest absolute Gasteiger partial charge is 0.240 e. The second-order valence-corrected chi connectivity index (χ2v) is 6.14. The summed E-state index contributed by atoms with van der Waals surface area (Å²) in [6.07, 6.45) is 2.12. The first-order chi connectivity index (χ1) is 8.34. The fourth-order valence-corrected chi connectivity index (χ4v) is 2.59. The molecule has 106 valence electrons. The maximum Gasteiger partial charge on any atom is 0.240 e. The molecule has 1 aliphatic rings. The summed E-state index contributed by atoms with van der Waals surface area (Å²) in [5.41, 5.74) is 6.03. The molecule has 1 aliphatic heterocycles. The van der Waals surface area contributed by atoms with Crippen LogP contribution >= 0.6 is 0 Å². The van der Waals surface area contributed by atoms with Gasteiger partial charge in [-0.3, -0.25) is 4.79 Å². The number of rotatable bonds is 4. The van der Waals surface area contributed by atoms with Gasteiger partial charge in [-0.1, -0.05) is 13.8 Å². The van der Waals surface area contributed by atoms with Crippen molar-refractivity contribution in [1.29, 1.82) is 0 Å². The molecule has 4 nitrogen and oxygen atoms in total. The molecule has 1 atom stereocenters. The van der Waals surface area contributed by atoms with Crippen LogP contribution in [0, 0.1) is 5.92 Å². The van der Waals surface area contributed by atoms with Gasteiger partial charge in [-0.2, -0.15) is 0 Å². The van der Waals surface area contributed by atoms with Crippen LogP contribution in [0.4, 0.5) is 0 Å². The van der Waals surface area contributed by atoms with Crippen molar-refractivity contribution in [1.82, 2.24) is 9.80 Å². The molecule has 0 aromatic carbocycles. The minimum atomic E-state index is -0.368. The Hall–Kier alpha value is -0.610. The van der Waals surface area contributed by atoms with Crippen LogP contribution in [0.3, 0.4) is 0 Å². The number of carbonyl (C=O) groups is 1. The maximum atomic E-state index is 12.5. The maximum absolute atomic E-state index is 12.5. The van der Waals surface area contributed by atoms with Gasteiger partial charge in [-0.05, 0) is 52.7 Å². The fraction of sp³-hybridized carbons (Fsp3) is 0.929. The molecule has 1 fully saturated rings. The molecule has 0 aliphatic carbocycles. The summed E-state index contributed by atoms with van der Waals surface area (Å²) in [6, 6.07) is 0.223. The molecule has 0 aromatic heterocycles. The van der Waals surface area contributed by atoms with E-state index in [1.54, 1.807) is 0 Å². The zero-order valence-electron chi connectivity index (χ0n) is 12.5. The van der Waals surface area contributed by atoms with Crippen LogP contribution in [0.5, 0.6) is 0 Å². The van der Waals surface area contributed by atoms with Gasteiger partial charge in [-0.25, -0.2) is 0 Å². The van der Waals surface area contributed by atoms with Crippen molar-refractivity contribution >= 4 is 5.91 Å². The highest BCUT2D eigenvalue weighted by molar-refractivity contribution is 5.82. The van der Waals surface area contributed by atoms with E-state index in [9.17, 15) is 4.79 Å². The Morgan fingerprint density at radius 1 is 1.22 bits per heavy atom. The summed E-state index contributed by atoms with van der Waals surface area (Å²) < 4.78 is 0. The highest BCUT2D eigenvalue weighted by Gasteiger charge is 2.32. The Labute approximate surface area is 111 Å². The predicted molar refractivity (Wildman–Crippen MR) is 75.3 cm³/mol. The number of piperidine rings is 1. The number of hydrogen-bond donors (Lipinski definition) is 1. The lowest BCUT2D eigenvalue weighted by Gasteiger charge is -2.41. The van der Waals surface area contributed by atoms with Crippen LogP contribution in [-0.2, 0) is 4.79 Å². The number of hydrogen-bond acceptors (Lipinski definition) is 3. The second-order valence-electron chi connectivity index (χ2n) is 6.14. The lowest BCUT2D eigenvalue weighted by Crippen LogP contribution is -2.55. The largest absolute Gasteiger partial charge is 0.336 e. The molecule has 1 heterocycles. The summed E-state index contributed by atoms with van der Waals surface area (Å²) in [5.74, 6) is 0.319. The van der Waals surface area contributed by atoms with Crippen molar-refractivity contribution < 1.29 is 4.79 Å².